The standard InChI is InChI=1S/C12H18N2O.2ClH/c13-10-3-5-12(6-4-10)15-9-7-11-2-1-8-14-11;;/h3-6,11,14H,1-2,7-9,13H2;2*1H. The van der Waals surface area contributed by atoms with Gasteiger partial charge < -0.3 is 15.8 Å². The van der Waals surface area contributed by atoms with Crippen LogP contribution in [0.15, 0.2) is 24.3 Å². The summed E-state index contributed by atoms with van der Waals surface area (Å²) in [5, 5.41) is 3.45. The van der Waals surface area contributed by atoms with Gasteiger partial charge in [-0.1, -0.05) is 0 Å². The quantitative estimate of drug-likeness (QED) is 0.833. The Bertz CT molecular complexity index is 300. The molecule has 1 fully saturated rings. The van der Waals surface area contributed by atoms with Crippen molar-refractivity contribution >= 4 is 30.5 Å². The second-order valence-corrected chi connectivity index (χ2v) is 4.00. The number of ether oxygens (including phenoxy) is 1. The van der Waals surface area contributed by atoms with Gasteiger partial charge in [-0.05, 0) is 50.1 Å². The van der Waals surface area contributed by atoms with Crippen LogP contribution >= 0.6 is 24.8 Å². The minimum atomic E-state index is 0. The van der Waals surface area contributed by atoms with Crippen LogP contribution in [0.1, 0.15) is 19.3 Å². The van der Waals surface area contributed by atoms with Crippen molar-refractivity contribution in [3.05, 3.63) is 24.3 Å². The van der Waals surface area contributed by atoms with Gasteiger partial charge in [0.05, 0.1) is 6.61 Å². The lowest BCUT2D eigenvalue weighted by atomic mass is 10.2. The summed E-state index contributed by atoms with van der Waals surface area (Å²) in [4.78, 5) is 0. The van der Waals surface area contributed by atoms with Gasteiger partial charge in [-0.15, -0.1) is 24.8 Å². The van der Waals surface area contributed by atoms with Gasteiger partial charge in [0.1, 0.15) is 5.75 Å². The van der Waals surface area contributed by atoms with Crippen LogP contribution in [0.25, 0.3) is 0 Å². The molecule has 2 rings (SSSR count). The first-order valence-corrected chi connectivity index (χ1v) is 5.56. The first-order chi connectivity index (χ1) is 7.34. The van der Waals surface area contributed by atoms with Gasteiger partial charge in [-0.25, -0.2) is 0 Å². The highest BCUT2D eigenvalue weighted by Gasteiger charge is 2.13. The molecule has 1 aliphatic rings. The van der Waals surface area contributed by atoms with E-state index >= 15 is 0 Å². The molecule has 0 aromatic heterocycles. The van der Waals surface area contributed by atoms with Crippen molar-refractivity contribution in [3.63, 3.8) is 0 Å². The van der Waals surface area contributed by atoms with Crippen molar-refractivity contribution in [2.45, 2.75) is 25.3 Å². The van der Waals surface area contributed by atoms with Gasteiger partial charge >= 0.3 is 0 Å². The summed E-state index contributed by atoms with van der Waals surface area (Å²) < 4.78 is 5.63. The lowest BCUT2D eigenvalue weighted by Crippen LogP contribution is -2.23. The van der Waals surface area contributed by atoms with Crippen LogP contribution in [0.2, 0.25) is 0 Å². The second kappa shape index (κ2) is 8.45. The van der Waals surface area contributed by atoms with Crippen LogP contribution < -0.4 is 15.8 Å². The normalized spacial score (nSPS) is 18.0. The first kappa shape index (κ1) is 16.4. The molecule has 17 heavy (non-hydrogen) atoms. The largest absolute Gasteiger partial charge is 0.494 e. The third kappa shape index (κ3) is 5.48. The minimum Gasteiger partial charge on any atom is -0.494 e. The molecule has 3 N–H and O–H groups in total. The smallest absolute Gasteiger partial charge is 0.119 e. The fraction of sp³-hybridized carbons (Fsp3) is 0.500. The Labute approximate surface area is 115 Å². The molecule has 0 spiro atoms. The highest BCUT2D eigenvalue weighted by atomic mass is 35.5. The summed E-state index contributed by atoms with van der Waals surface area (Å²) in [5.41, 5.74) is 6.37. The zero-order valence-electron chi connectivity index (χ0n) is 9.72. The molecule has 0 radical (unpaired) electrons. The summed E-state index contributed by atoms with van der Waals surface area (Å²) in [6.07, 6.45) is 3.67. The molecule has 1 heterocycles. The Hall–Kier alpha value is -0.640. The second-order valence-electron chi connectivity index (χ2n) is 4.00. The van der Waals surface area contributed by atoms with Crippen LogP contribution in [0.5, 0.6) is 5.75 Å². The monoisotopic (exact) mass is 278 g/mol. The summed E-state index contributed by atoms with van der Waals surface area (Å²) in [6, 6.07) is 8.21. The van der Waals surface area contributed by atoms with E-state index in [1.54, 1.807) is 0 Å². The molecule has 1 aromatic carbocycles. The van der Waals surface area contributed by atoms with Gasteiger partial charge in [0.15, 0.2) is 0 Å². The predicted molar refractivity (Wildman–Crippen MR) is 76.5 cm³/mol. The Morgan fingerprint density at radius 1 is 1.24 bits per heavy atom. The van der Waals surface area contributed by atoms with Crippen molar-refractivity contribution in [3.8, 4) is 5.75 Å². The van der Waals surface area contributed by atoms with E-state index in [0.717, 1.165) is 31.0 Å². The van der Waals surface area contributed by atoms with Crippen molar-refractivity contribution in [1.82, 2.24) is 5.32 Å². The van der Waals surface area contributed by atoms with E-state index in [9.17, 15) is 0 Å². The lowest BCUT2D eigenvalue weighted by molar-refractivity contribution is 0.292. The minimum absolute atomic E-state index is 0. The molecule has 0 bridgehead atoms. The number of nitrogens with two attached hydrogens (primary N) is 1. The average molecular weight is 279 g/mol. The number of hydrogen-bond acceptors (Lipinski definition) is 3. The van der Waals surface area contributed by atoms with E-state index in [1.807, 2.05) is 24.3 Å². The zero-order valence-corrected chi connectivity index (χ0v) is 11.4. The molecule has 1 saturated heterocycles. The number of hydrogen-bond donors (Lipinski definition) is 2. The van der Waals surface area contributed by atoms with Crippen LogP contribution in [-0.2, 0) is 0 Å². The van der Waals surface area contributed by atoms with Crippen molar-refractivity contribution in [1.29, 1.82) is 0 Å². The van der Waals surface area contributed by atoms with Crippen molar-refractivity contribution in [2.24, 2.45) is 0 Å². The van der Waals surface area contributed by atoms with E-state index in [1.165, 1.54) is 12.8 Å². The topological polar surface area (TPSA) is 47.3 Å². The fourth-order valence-electron chi connectivity index (χ4n) is 1.89. The van der Waals surface area contributed by atoms with E-state index in [-0.39, 0.29) is 24.8 Å². The summed E-state index contributed by atoms with van der Waals surface area (Å²) >= 11 is 0. The summed E-state index contributed by atoms with van der Waals surface area (Å²) in [5.74, 6) is 0.905. The first-order valence-electron chi connectivity index (χ1n) is 5.56. The van der Waals surface area contributed by atoms with E-state index in [4.69, 9.17) is 10.5 Å². The fourth-order valence-corrected chi connectivity index (χ4v) is 1.89. The SMILES string of the molecule is Cl.Cl.Nc1ccc(OCCC2CCCN2)cc1. The molecule has 98 valence electrons. The number of nitrogens with one attached hydrogen (secondary N) is 1. The molecule has 0 saturated carbocycles. The third-order valence-corrected chi connectivity index (χ3v) is 2.78. The van der Waals surface area contributed by atoms with Crippen LogP contribution in [0.3, 0.4) is 0 Å². The maximum absolute atomic E-state index is 5.63. The van der Waals surface area contributed by atoms with Gasteiger partial charge in [-0.3, -0.25) is 0 Å². The number of benzene rings is 1. The lowest BCUT2D eigenvalue weighted by Gasteiger charge is -2.11. The Morgan fingerprint density at radius 3 is 2.53 bits per heavy atom. The Balaban J connectivity index is 0.00000128. The van der Waals surface area contributed by atoms with Gasteiger partial charge in [-0.2, -0.15) is 0 Å². The summed E-state index contributed by atoms with van der Waals surface area (Å²) in [7, 11) is 0. The molecule has 1 unspecified atom stereocenters. The van der Waals surface area contributed by atoms with E-state index in [0.29, 0.717) is 6.04 Å². The van der Waals surface area contributed by atoms with Gasteiger partial charge in [0, 0.05) is 11.7 Å². The molecule has 1 aliphatic heterocycles. The van der Waals surface area contributed by atoms with Crippen LogP contribution in [0.4, 0.5) is 5.69 Å². The molecule has 1 aromatic rings. The maximum atomic E-state index is 5.63. The van der Waals surface area contributed by atoms with Gasteiger partial charge in [0.2, 0.25) is 0 Å². The Kier molecular flexibility index (Phi) is 8.13. The number of halogens is 2. The van der Waals surface area contributed by atoms with E-state index in [2.05, 4.69) is 5.32 Å². The number of rotatable bonds is 4. The predicted octanol–water partition coefficient (Wildman–Crippen LogP) is 2.63. The van der Waals surface area contributed by atoms with E-state index < -0.39 is 0 Å². The third-order valence-electron chi connectivity index (χ3n) is 2.78. The van der Waals surface area contributed by atoms with Gasteiger partial charge in [0.25, 0.3) is 0 Å². The highest BCUT2D eigenvalue weighted by molar-refractivity contribution is 5.85. The van der Waals surface area contributed by atoms with Crippen LogP contribution in [-0.4, -0.2) is 19.2 Å². The molecular formula is C12H20Cl2N2O. The highest BCUT2D eigenvalue weighted by Crippen LogP contribution is 2.14. The van der Waals surface area contributed by atoms with Crippen molar-refractivity contribution in [2.75, 3.05) is 18.9 Å². The Morgan fingerprint density at radius 2 is 1.94 bits per heavy atom. The van der Waals surface area contributed by atoms with Crippen LogP contribution in [0, 0.1) is 0 Å². The molecule has 1 atom stereocenters. The van der Waals surface area contributed by atoms with Crippen molar-refractivity contribution < 1.29 is 4.74 Å². The summed E-state index contributed by atoms with van der Waals surface area (Å²) in [6.45, 7) is 1.94. The molecule has 3 nitrogen and oxygen atoms in total. The maximum Gasteiger partial charge on any atom is 0.119 e. The zero-order chi connectivity index (χ0) is 10.5. The number of nitrogen functional groups attached to an aromatic ring is 1. The molecule has 0 amide bonds. The average Bonchev–Trinajstić information content (AvgIpc) is 2.74. The molecule has 5 heteroatoms. The molecular weight excluding hydrogens is 259 g/mol. The molecule has 0 aliphatic carbocycles. The number of anilines is 1.